The van der Waals surface area contributed by atoms with Crippen LogP contribution in [0.2, 0.25) is 0 Å². The van der Waals surface area contributed by atoms with Crippen molar-refractivity contribution in [3.8, 4) is 0 Å². The monoisotopic (exact) mass is 208 g/mol. The minimum atomic E-state index is 0.628. The van der Waals surface area contributed by atoms with Crippen molar-refractivity contribution >= 4 is 17.4 Å². The van der Waals surface area contributed by atoms with E-state index >= 15 is 0 Å². The Kier molecular flexibility index (Phi) is 2.99. The summed E-state index contributed by atoms with van der Waals surface area (Å²) in [7, 11) is 2.17. The number of benzene rings is 1. The largest absolute Gasteiger partial charge is 0.370 e. The van der Waals surface area contributed by atoms with Crippen LogP contribution in [0.3, 0.4) is 0 Å². The molecule has 14 heavy (non-hydrogen) atoms. The van der Waals surface area contributed by atoms with Crippen molar-refractivity contribution in [1.29, 1.82) is 0 Å². The first kappa shape index (κ1) is 9.87. The van der Waals surface area contributed by atoms with Crippen LogP contribution in [0.5, 0.6) is 0 Å². The highest BCUT2D eigenvalue weighted by Crippen LogP contribution is 2.26. The molecule has 2 nitrogen and oxygen atoms in total. The highest BCUT2D eigenvalue weighted by Gasteiger charge is 2.22. The van der Waals surface area contributed by atoms with E-state index in [1.165, 1.54) is 22.8 Å². The van der Waals surface area contributed by atoms with E-state index in [9.17, 15) is 0 Å². The molecule has 2 rings (SSSR count). The van der Waals surface area contributed by atoms with Crippen molar-refractivity contribution in [2.24, 2.45) is 5.73 Å². The van der Waals surface area contributed by atoms with Crippen molar-refractivity contribution in [3.63, 3.8) is 0 Å². The quantitative estimate of drug-likeness (QED) is 0.819. The molecule has 0 aromatic heterocycles. The third-order valence-corrected chi connectivity index (χ3v) is 3.99. The molecule has 1 aliphatic rings. The number of anilines is 1. The van der Waals surface area contributed by atoms with E-state index < -0.39 is 0 Å². The lowest BCUT2D eigenvalue weighted by atomic mass is 10.2. The molecule has 0 spiro atoms. The van der Waals surface area contributed by atoms with Gasteiger partial charge in [0.25, 0.3) is 0 Å². The van der Waals surface area contributed by atoms with Gasteiger partial charge in [0, 0.05) is 36.8 Å². The summed E-state index contributed by atoms with van der Waals surface area (Å²) in [5.41, 5.74) is 8.05. The zero-order valence-electron chi connectivity index (χ0n) is 8.44. The number of nitrogens with zero attached hydrogens (tertiary/aromatic N) is 1. The van der Waals surface area contributed by atoms with E-state index in [1.54, 1.807) is 0 Å². The number of thioether (sulfide) groups is 1. The lowest BCUT2D eigenvalue weighted by molar-refractivity contribution is 0.744. The van der Waals surface area contributed by atoms with Gasteiger partial charge >= 0.3 is 0 Å². The Morgan fingerprint density at radius 3 is 2.43 bits per heavy atom. The second-order valence-electron chi connectivity index (χ2n) is 3.67. The molecule has 0 saturated carbocycles. The maximum absolute atomic E-state index is 5.56. The molecular formula is C11H16N2S. The standard InChI is InChI=1S/C11H16N2S/c1-13(11-7-14-8-11)10-4-2-9(6-12)3-5-10/h2-5,11H,6-8,12H2,1H3. The van der Waals surface area contributed by atoms with E-state index in [0.29, 0.717) is 6.54 Å². The Bertz CT molecular complexity index is 293. The van der Waals surface area contributed by atoms with Gasteiger partial charge in [-0.15, -0.1) is 0 Å². The Morgan fingerprint density at radius 1 is 1.36 bits per heavy atom. The lowest BCUT2D eigenvalue weighted by Crippen LogP contribution is -2.41. The van der Waals surface area contributed by atoms with Gasteiger partial charge in [0.05, 0.1) is 0 Å². The van der Waals surface area contributed by atoms with Crippen molar-refractivity contribution in [3.05, 3.63) is 29.8 Å². The first-order chi connectivity index (χ1) is 6.81. The summed E-state index contributed by atoms with van der Waals surface area (Å²) in [6.07, 6.45) is 0. The molecule has 0 radical (unpaired) electrons. The molecule has 1 saturated heterocycles. The fourth-order valence-corrected chi connectivity index (χ4v) is 2.42. The second-order valence-corrected chi connectivity index (χ2v) is 4.75. The maximum Gasteiger partial charge on any atom is 0.0467 e. The number of nitrogens with two attached hydrogens (primary N) is 1. The molecule has 0 unspecified atom stereocenters. The molecule has 1 fully saturated rings. The minimum Gasteiger partial charge on any atom is -0.370 e. The van der Waals surface area contributed by atoms with Gasteiger partial charge < -0.3 is 10.6 Å². The van der Waals surface area contributed by atoms with Crippen LogP contribution in [0.25, 0.3) is 0 Å². The fraction of sp³-hybridized carbons (Fsp3) is 0.455. The fourth-order valence-electron chi connectivity index (χ4n) is 1.52. The van der Waals surface area contributed by atoms with Gasteiger partial charge in [0.2, 0.25) is 0 Å². The summed E-state index contributed by atoms with van der Waals surface area (Å²) in [5.74, 6) is 2.52. The van der Waals surface area contributed by atoms with Crippen molar-refractivity contribution in [2.75, 3.05) is 23.5 Å². The van der Waals surface area contributed by atoms with E-state index in [2.05, 4.69) is 36.2 Å². The predicted octanol–water partition coefficient (Wildman–Crippen LogP) is 1.70. The molecule has 1 aromatic carbocycles. The van der Waals surface area contributed by atoms with Gasteiger partial charge in [0.1, 0.15) is 0 Å². The molecular weight excluding hydrogens is 192 g/mol. The molecule has 76 valence electrons. The van der Waals surface area contributed by atoms with Crippen molar-refractivity contribution in [1.82, 2.24) is 0 Å². The van der Waals surface area contributed by atoms with Crippen molar-refractivity contribution < 1.29 is 0 Å². The molecule has 0 bridgehead atoms. The van der Waals surface area contributed by atoms with Gasteiger partial charge in [0.15, 0.2) is 0 Å². The molecule has 0 atom stereocenters. The molecule has 0 aliphatic carbocycles. The Labute approximate surface area is 89.5 Å². The number of rotatable bonds is 3. The normalized spacial score (nSPS) is 16.4. The zero-order valence-corrected chi connectivity index (χ0v) is 9.26. The van der Waals surface area contributed by atoms with E-state index in [0.717, 1.165) is 6.04 Å². The molecule has 1 heterocycles. The van der Waals surface area contributed by atoms with Gasteiger partial charge in [-0.2, -0.15) is 11.8 Å². The van der Waals surface area contributed by atoms with Crippen LogP contribution in [-0.4, -0.2) is 24.6 Å². The zero-order chi connectivity index (χ0) is 9.97. The van der Waals surface area contributed by atoms with E-state index in [-0.39, 0.29) is 0 Å². The summed E-state index contributed by atoms with van der Waals surface area (Å²) in [4.78, 5) is 2.36. The molecule has 3 heteroatoms. The summed E-state index contributed by atoms with van der Waals surface area (Å²) < 4.78 is 0. The predicted molar refractivity (Wildman–Crippen MR) is 63.8 cm³/mol. The molecule has 1 aliphatic heterocycles. The first-order valence-corrected chi connectivity index (χ1v) is 6.06. The third-order valence-electron chi connectivity index (χ3n) is 2.75. The Hall–Kier alpha value is -0.670. The second kappa shape index (κ2) is 4.24. The highest BCUT2D eigenvalue weighted by atomic mass is 32.2. The first-order valence-electron chi connectivity index (χ1n) is 4.91. The van der Waals surface area contributed by atoms with Crippen LogP contribution < -0.4 is 10.6 Å². The highest BCUT2D eigenvalue weighted by molar-refractivity contribution is 8.00. The molecule has 1 aromatic rings. The van der Waals surface area contributed by atoms with Crippen molar-refractivity contribution in [2.45, 2.75) is 12.6 Å². The average Bonchev–Trinajstić information content (AvgIpc) is 2.15. The summed E-state index contributed by atoms with van der Waals surface area (Å²) in [5, 5.41) is 0. The average molecular weight is 208 g/mol. The third kappa shape index (κ3) is 1.88. The Balaban J connectivity index is 2.07. The van der Waals surface area contributed by atoms with Crippen LogP contribution in [0, 0.1) is 0 Å². The topological polar surface area (TPSA) is 29.3 Å². The van der Waals surface area contributed by atoms with Crippen LogP contribution in [0.15, 0.2) is 24.3 Å². The van der Waals surface area contributed by atoms with Gasteiger partial charge in [-0.05, 0) is 17.7 Å². The number of hydrogen-bond acceptors (Lipinski definition) is 3. The van der Waals surface area contributed by atoms with E-state index in [1.807, 2.05) is 11.8 Å². The number of hydrogen-bond donors (Lipinski definition) is 1. The van der Waals surface area contributed by atoms with Crippen LogP contribution in [-0.2, 0) is 6.54 Å². The smallest absolute Gasteiger partial charge is 0.0467 e. The SMILES string of the molecule is CN(c1ccc(CN)cc1)C1CSC1. The van der Waals surface area contributed by atoms with Crippen LogP contribution in [0.4, 0.5) is 5.69 Å². The summed E-state index contributed by atoms with van der Waals surface area (Å²) in [6.45, 7) is 0.628. The van der Waals surface area contributed by atoms with E-state index in [4.69, 9.17) is 5.73 Å². The maximum atomic E-state index is 5.56. The van der Waals surface area contributed by atoms with Crippen LogP contribution >= 0.6 is 11.8 Å². The lowest BCUT2D eigenvalue weighted by Gasteiger charge is -2.35. The molecule has 0 amide bonds. The minimum absolute atomic E-state index is 0.628. The Morgan fingerprint density at radius 2 is 2.00 bits per heavy atom. The molecule has 2 N–H and O–H groups in total. The van der Waals surface area contributed by atoms with Crippen LogP contribution in [0.1, 0.15) is 5.56 Å². The van der Waals surface area contributed by atoms with Gasteiger partial charge in [-0.3, -0.25) is 0 Å². The van der Waals surface area contributed by atoms with Gasteiger partial charge in [-0.1, -0.05) is 12.1 Å². The summed E-state index contributed by atoms with van der Waals surface area (Å²) >= 11 is 2.01. The summed E-state index contributed by atoms with van der Waals surface area (Å²) in [6, 6.07) is 9.26. The van der Waals surface area contributed by atoms with Gasteiger partial charge in [-0.25, -0.2) is 0 Å².